The van der Waals surface area contributed by atoms with Crippen molar-refractivity contribution in [3.05, 3.63) is 74.9 Å². The van der Waals surface area contributed by atoms with E-state index in [0.717, 1.165) is 31.2 Å². The summed E-state index contributed by atoms with van der Waals surface area (Å²) in [4.78, 5) is 18.0. The van der Waals surface area contributed by atoms with E-state index in [2.05, 4.69) is 4.98 Å². The van der Waals surface area contributed by atoms with Crippen molar-refractivity contribution >= 4 is 17.4 Å². The van der Waals surface area contributed by atoms with Crippen molar-refractivity contribution in [3.63, 3.8) is 0 Å². The lowest BCUT2D eigenvalue weighted by Crippen LogP contribution is -2.36. The predicted molar refractivity (Wildman–Crippen MR) is 109 cm³/mol. The van der Waals surface area contributed by atoms with Gasteiger partial charge in [0.1, 0.15) is 24.0 Å². The lowest BCUT2D eigenvalue weighted by atomic mass is 10.2. The number of benzene rings is 2. The molecule has 1 aromatic heterocycles. The van der Waals surface area contributed by atoms with Crippen LogP contribution in [0, 0.1) is 17.5 Å². The normalized spacial score (nSPS) is 13.1. The number of anilines is 1. The fourth-order valence-corrected chi connectivity index (χ4v) is 3.38. The molecule has 0 fully saturated rings. The zero-order chi connectivity index (χ0) is 22.1. The minimum Gasteiger partial charge on any atom is -0.473 e. The van der Waals surface area contributed by atoms with Gasteiger partial charge in [-0.2, -0.15) is 4.98 Å². The van der Waals surface area contributed by atoms with Gasteiger partial charge in [0.25, 0.3) is 0 Å². The number of ether oxygens (including phenoxy) is 2. The summed E-state index contributed by atoms with van der Waals surface area (Å²) >= 11 is 5.59. The highest BCUT2D eigenvalue weighted by atomic mass is 35.5. The summed E-state index contributed by atoms with van der Waals surface area (Å²) in [5, 5.41) is -0.137. The molecule has 0 unspecified atom stereocenters. The Morgan fingerprint density at radius 1 is 1.06 bits per heavy atom. The summed E-state index contributed by atoms with van der Waals surface area (Å²) < 4.78 is 54.5. The van der Waals surface area contributed by atoms with Crippen molar-refractivity contribution in [2.24, 2.45) is 0 Å². The molecule has 6 nitrogen and oxygen atoms in total. The molecule has 4 rings (SSSR count). The maximum atomic E-state index is 14.4. The lowest BCUT2D eigenvalue weighted by molar-refractivity contribution is 0.288. The molecule has 0 aliphatic carbocycles. The van der Waals surface area contributed by atoms with E-state index >= 15 is 0 Å². The molecule has 0 bridgehead atoms. The number of hydrogen-bond donors (Lipinski definition) is 0. The first-order valence-corrected chi connectivity index (χ1v) is 9.76. The average Bonchev–Trinajstić information content (AvgIpc) is 2.72. The lowest BCUT2D eigenvalue weighted by Gasteiger charge is -2.28. The second-order valence-electron chi connectivity index (χ2n) is 7.02. The van der Waals surface area contributed by atoms with Crippen molar-refractivity contribution in [1.29, 1.82) is 0 Å². The molecule has 162 valence electrons. The van der Waals surface area contributed by atoms with Gasteiger partial charge in [0.05, 0.1) is 5.02 Å². The average molecular weight is 452 g/mol. The number of aromatic nitrogens is 2. The smallest absolute Gasteiger partial charge is 0.352 e. The highest BCUT2D eigenvalue weighted by molar-refractivity contribution is 6.30. The maximum Gasteiger partial charge on any atom is 0.352 e. The first-order chi connectivity index (χ1) is 14.8. The van der Waals surface area contributed by atoms with Crippen molar-refractivity contribution in [2.45, 2.75) is 19.6 Å². The molecule has 2 heterocycles. The second kappa shape index (κ2) is 8.50. The van der Waals surface area contributed by atoms with Gasteiger partial charge in [-0.15, -0.1) is 0 Å². The van der Waals surface area contributed by atoms with E-state index in [4.69, 9.17) is 21.1 Å². The molecule has 1 aliphatic rings. The summed E-state index contributed by atoms with van der Waals surface area (Å²) in [5.41, 5.74) is -0.284. The monoisotopic (exact) mass is 451 g/mol. The van der Waals surface area contributed by atoms with Crippen LogP contribution in [0.15, 0.2) is 41.2 Å². The third-order valence-electron chi connectivity index (χ3n) is 4.79. The highest BCUT2D eigenvalue weighted by Gasteiger charge is 2.18. The molecule has 0 radical (unpaired) electrons. The molecule has 3 aromatic rings. The van der Waals surface area contributed by atoms with Crippen LogP contribution in [0.25, 0.3) is 0 Å². The molecular weight excluding hydrogens is 435 g/mol. The number of fused-ring (bicyclic) bond motifs is 1. The predicted octanol–water partition coefficient (Wildman–Crippen LogP) is 4.53. The number of rotatable bonds is 5. The summed E-state index contributed by atoms with van der Waals surface area (Å²) in [6.07, 6.45) is 0.834. The van der Waals surface area contributed by atoms with Crippen LogP contribution in [0.1, 0.15) is 12.0 Å². The molecule has 0 N–H and O–H groups in total. The SMILES string of the molecule is CN1CCCn2c1cc(OCc1cc(F)c(Oc3ccc(Cl)c(F)c3)c(F)c1)nc2=O. The fraction of sp³-hybridized carbons (Fsp3) is 0.238. The van der Waals surface area contributed by atoms with Gasteiger partial charge >= 0.3 is 5.69 Å². The van der Waals surface area contributed by atoms with E-state index in [-0.39, 0.29) is 28.8 Å². The van der Waals surface area contributed by atoms with Gasteiger partial charge in [-0.05, 0) is 36.2 Å². The van der Waals surface area contributed by atoms with E-state index < -0.39 is 28.9 Å². The van der Waals surface area contributed by atoms with Crippen LogP contribution < -0.4 is 20.1 Å². The van der Waals surface area contributed by atoms with E-state index in [1.165, 1.54) is 12.1 Å². The van der Waals surface area contributed by atoms with Crippen LogP contribution >= 0.6 is 11.6 Å². The Morgan fingerprint density at radius 3 is 2.52 bits per heavy atom. The van der Waals surface area contributed by atoms with Crippen LogP contribution in [0.4, 0.5) is 19.0 Å². The number of halogens is 4. The number of nitrogens with zero attached hydrogens (tertiary/aromatic N) is 3. The van der Waals surface area contributed by atoms with Crippen molar-refractivity contribution in [2.75, 3.05) is 18.5 Å². The molecule has 0 saturated heterocycles. The van der Waals surface area contributed by atoms with Crippen molar-refractivity contribution in [1.82, 2.24) is 9.55 Å². The fourth-order valence-electron chi connectivity index (χ4n) is 3.26. The Balaban J connectivity index is 1.51. The Hall–Kier alpha value is -3.20. The van der Waals surface area contributed by atoms with Gasteiger partial charge in [-0.25, -0.2) is 18.0 Å². The minimum absolute atomic E-state index is 0.0581. The number of hydrogen-bond acceptors (Lipinski definition) is 5. The van der Waals surface area contributed by atoms with Gasteiger partial charge < -0.3 is 14.4 Å². The molecule has 0 amide bonds. The van der Waals surface area contributed by atoms with E-state index in [1.54, 1.807) is 10.6 Å². The Kier molecular flexibility index (Phi) is 5.77. The summed E-state index contributed by atoms with van der Waals surface area (Å²) in [6, 6.07) is 7.11. The zero-order valence-corrected chi connectivity index (χ0v) is 17.1. The topological polar surface area (TPSA) is 56.6 Å². The first kappa shape index (κ1) is 21.0. The maximum absolute atomic E-state index is 14.4. The van der Waals surface area contributed by atoms with Gasteiger partial charge in [-0.3, -0.25) is 4.57 Å². The van der Waals surface area contributed by atoms with Crippen LogP contribution in [0.5, 0.6) is 17.4 Å². The van der Waals surface area contributed by atoms with Crippen LogP contribution in [-0.4, -0.2) is 23.1 Å². The molecule has 0 atom stereocenters. The van der Waals surface area contributed by atoms with E-state index in [0.29, 0.717) is 12.4 Å². The first-order valence-electron chi connectivity index (χ1n) is 9.38. The summed E-state index contributed by atoms with van der Waals surface area (Å²) in [6.45, 7) is 1.14. The molecular formula is C21H17ClF3N3O3. The molecule has 1 aliphatic heterocycles. The Bertz CT molecular complexity index is 1180. The van der Waals surface area contributed by atoms with Crippen LogP contribution in [0.2, 0.25) is 5.02 Å². The zero-order valence-electron chi connectivity index (χ0n) is 16.4. The molecule has 2 aromatic carbocycles. The molecule has 0 saturated carbocycles. The third-order valence-corrected chi connectivity index (χ3v) is 5.09. The van der Waals surface area contributed by atoms with Crippen molar-refractivity contribution in [3.8, 4) is 17.4 Å². The van der Waals surface area contributed by atoms with Crippen molar-refractivity contribution < 1.29 is 22.6 Å². The van der Waals surface area contributed by atoms with Crippen LogP contribution in [0.3, 0.4) is 0 Å². The Labute approximate surface area is 180 Å². The van der Waals surface area contributed by atoms with Gasteiger partial charge in [0.15, 0.2) is 17.4 Å². The molecule has 10 heteroatoms. The van der Waals surface area contributed by atoms with E-state index in [9.17, 15) is 18.0 Å². The third kappa shape index (κ3) is 4.46. The quantitative estimate of drug-likeness (QED) is 0.570. The molecule has 31 heavy (non-hydrogen) atoms. The van der Waals surface area contributed by atoms with E-state index in [1.807, 2.05) is 11.9 Å². The second-order valence-corrected chi connectivity index (χ2v) is 7.42. The summed E-state index contributed by atoms with van der Waals surface area (Å²) in [5.74, 6) is -2.83. The van der Waals surface area contributed by atoms with Gasteiger partial charge in [-0.1, -0.05) is 11.6 Å². The standard InChI is InChI=1S/C21H17ClF3N3O3/c1-27-5-2-6-28-19(27)10-18(26-21(28)29)30-11-12-7-16(24)20(17(25)8-12)31-13-3-4-14(22)15(23)9-13/h3-4,7-10H,2,5-6,11H2,1H3. The minimum atomic E-state index is -0.993. The van der Waals surface area contributed by atoms with Crippen LogP contribution in [-0.2, 0) is 13.2 Å². The van der Waals surface area contributed by atoms with Gasteiger partial charge in [0.2, 0.25) is 5.88 Å². The van der Waals surface area contributed by atoms with Gasteiger partial charge in [0, 0.05) is 32.3 Å². The highest BCUT2D eigenvalue weighted by Crippen LogP contribution is 2.31. The Morgan fingerprint density at radius 2 is 1.81 bits per heavy atom. The molecule has 0 spiro atoms. The largest absolute Gasteiger partial charge is 0.473 e. The summed E-state index contributed by atoms with van der Waals surface area (Å²) in [7, 11) is 1.85.